The summed E-state index contributed by atoms with van der Waals surface area (Å²) in [5.74, 6) is 0. The van der Waals surface area contributed by atoms with E-state index in [0.717, 1.165) is 6.20 Å². The predicted molar refractivity (Wildman–Crippen MR) is 46.0 cm³/mol. The number of halogens is 3. The van der Waals surface area contributed by atoms with Gasteiger partial charge in [0.15, 0.2) is 0 Å². The molecular weight excluding hydrogens is 195 g/mol. The van der Waals surface area contributed by atoms with Gasteiger partial charge in [-0.15, -0.1) is 0 Å². The molecule has 1 aromatic rings. The van der Waals surface area contributed by atoms with Crippen LogP contribution in [0.25, 0.3) is 0 Å². The van der Waals surface area contributed by atoms with Gasteiger partial charge in [-0.3, -0.25) is 9.78 Å². The van der Waals surface area contributed by atoms with Gasteiger partial charge in [-0.25, -0.2) is 0 Å². The lowest BCUT2D eigenvalue weighted by atomic mass is 10.2. The standard InChI is InChI=1S/C7H4F3NO.C2H6/c8-7(9,10)6-3-5(4-12)1-2-11-6;1-2/h1-4H;1-2H3. The summed E-state index contributed by atoms with van der Waals surface area (Å²) in [5, 5.41) is 0. The molecule has 14 heavy (non-hydrogen) atoms. The highest BCUT2D eigenvalue weighted by molar-refractivity contribution is 5.74. The van der Waals surface area contributed by atoms with Crippen LogP contribution in [0.2, 0.25) is 0 Å². The van der Waals surface area contributed by atoms with Gasteiger partial charge in [-0.1, -0.05) is 13.8 Å². The van der Waals surface area contributed by atoms with E-state index in [0.29, 0.717) is 12.4 Å². The fourth-order valence-electron chi connectivity index (χ4n) is 0.675. The molecule has 0 aliphatic heterocycles. The van der Waals surface area contributed by atoms with Gasteiger partial charge in [0, 0.05) is 11.8 Å². The molecule has 0 radical (unpaired) electrons. The van der Waals surface area contributed by atoms with E-state index >= 15 is 0 Å². The fraction of sp³-hybridized carbons (Fsp3) is 0.333. The van der Waals surface area contributed by atoms with Crippen molar-refractivity contribution in [2.24, 2.45) is 0 Å². The van der Waals surface area contributed by atoms with Gasteiger partial charge >= 0.3 is 6.18 Å². The number of carbonyl (C=O) groups excluding carboxylic acids is 1. The van der Waals surface area contributed by atoms with Crippen LogP contribution in [0.15, 0.2) is 18.3 Å². The van der Waals surface area contributed by atoms with Gasteiger partial charge in [-0.2, -0.15) is 13.2 Å². The molecule has 0 fully saturated rings. The zero-order valence-electron chi connectivity index (χ0n) is 7.80. The third-order valence-corrected chi connectivity index (χ3v) is 1.21. The van der Waals surface area contributed by atoms with Gasteiger partial charge in [0.2, 0.25) is 0 Å². The van der Waals surface area contributed by atoms with Crippen LogP contribution in [0.5, 0.6) is 0 Å². The summed E-state index contributed by atoms with van der Waals surface area (Å²) < 4.78 is 35.8. The number of pyridine rings is 1. The van der Waals surface area contributed by atoms with Crippen LogP contribution < -0.4 is 0 Å². The van der Waals surface area contributed by atoms with Crippen LogP contribution in [0.1, 0.15) is 29.9 Å². The van der Waals surface area contributed by atoms with Crippen molar-refractivity contribution in [3.05, 3.63) is 29.6 Å². The largest absolute Gasteiger partial charge is 0.433 e. The molecule has 1 aromatic heterocycles. The molecule has 0 saturated carbocycles. The quantitative estimate of drug-likeness (QED) is 0.660. The molecule has 1 rings (SSSR count). The minimum atomic E-state index is -4.49. The summed E-state index contributed by atoms with van der Waals surface area (Å²) >= 11 is 0. The van der Waals surface area contributed by atoms with Crippen LogP contribution in [-0.2, 0) is 6.18 Å². The smallest absolute Gasteiger partial charge is 0.298 e. The first-order valence-electron chi connectivity index (χ1n) is 4.02. The number of aldehydes is 1. The predicted octanol–water partition coefficient (Wildman–Crippen LogP) is 2.94. The molecule has 0 spiro atoms. The van der Waals surface area contributed by atoms with Crippen molar-refractivity contribution >= 4 is 6.29 Å². The Hall–Kier alpha value is -1.39. The molecule has 78 valence electrons. The van der Waals surface area contributed by atoms with Gasteiger partial charge in [0.1, 0.15) is 12.0 Å². The second-order valence-corrected chi connectivity index (χ2v) is 2.09. The topological polar surface area (TPSA) is 30.0 Å². The number of carbonyl (C=O) groups is 1. The number of hydrogen-bond acceptors (Lipinski definition) is 2. The fourth-order valence-corrected chi connectivity index (χ4v) is 0.675. The van der Waals surface area contributed by atoms with Crippen molar-refractivity contribution in [3.8, 4) is 0 Å². The van der Waals surface area contributed by atoms with Crippen LogP contribution >= 0.6 is 0 Å². The first-order valence-corrected chi connectivity index (χ1v) is 4.02. The van der Waals surface area contributed by atoms with Crippen LogP contribution in [0.3, 0.4) is 0 Å². The van der Waals surface area contributed by atoms with Gasteiger partial charge in [0.25, 0.3) is 0 Å². The molecule has 0 N–H and O–H groups in total. The molecule has 0 unspecified atom stereocenters. The van der Waals surface area contributed by atoms with Crippen LogP contribution in [-0.4, -0.2) is 11.3 Å². The lowest BCUT2D eigenvalue weighted by molar-refractivity contribution is -0.141. The highest BCUT2D eigenvalue weighted by Crippen LogP contribution is 2.27. The number of rotatable bonds is 1. The highest BCUT2D eigenvalue weighted by atomic mass is 19.4. The van der Waals surface area contributed by atoms with Gasteiger partial charge in [-0.05, 0) is 12.1 Å². The number of nitrogens with zero attached hydrogens (tertiary/aromatic N) is 1. The summed E-state index contributed by atoms with van der Waals surface area (Å²) in [6.07, 6.45) is -3.19. The van der Waals surface area contributed by atoms with E-state index < -0.39 is 11.9 Å². The van der Waals surface area contributed by atoms with E-state index in [1.54, 1.807) is 0 Å². The number of aromatic nitrogens is 1. The zero-order valence-corrected chi connectivity index (χ0v) is 7.80. The Bertz CT molecular complexity index is 296. The molecule has 0 aromatic carbocycles. The first-order chi connectivity index (χ1) is 6.54. The first kappa shape index (κ1) is 12.6. The molecule has 1 heterocycles. The van der Waals surface area contributed by atoms with Crippen LogP contribution in [0, 0.1) is 0 Å². The van der Waals surface area contributed by atoms with Gasteiger partial charge < -0.3 is 0 Å². The monoisotopic (exact) mass is 205 g/mol. The van der Waals surface area contributed by atoms with Crippen LogP contribution in [0.4, 0.5) is 13.2 Å². The van der Waals surface area contributed by atoms with E-state index in [1.807, 2.05) is 13.8 Å². The van der Waals surface area contributed by atoms with Crippen molar-refractivity contribution in [3.63, 3.8) is 0 Å². The summed E-state index contributed by atoms with van der Waals surface area (Å²) in [4.78, 5) is 13.2. The van der Waals surface area contributed by atoms with Crippen molar-refractivity contribution in [1.82, 2.24) is 4.98 Å². The van der Waals surface area contributed by atoms with Crippen molar-refractivity contribution in [2.75, 3.05) is 0 Å². The molecule has 0 amide bonds. The summed E-state index contributed by atoms with van der Waals surface area (Å²) in [6.45, 7) is 4.00. The second-order valence-electron chi connectivity index (χ2n) is 2.09. The summed E-state index contributed by atoms with van der Waals surface area (Å²) in [5.41, 5.74) is -1.08. The third-order valence-electron chi connectivity index (χ3n) is 1.21. The minimum Gasteiger partial charge on any atom is -0.298 e. The SMILES string of the molecule is CC.O=Cc1ccnc(C(F)(F)F)c1. The molecule has 5 heteroatoms. The summed E-state index contributed by atoms with van der Waals surface area (Å²) in [6, 6.07) is 1.91. The molecule has 0 aliphatic rings. The minimum absolute atomic E-state index is 0.0303. The van der Waals surface area contributed by atoms with E-state index in [1.165, 1.54) is 6.07 Å². The molecular formula is C9H10F3NO. The number of hydrogen-bond donors (Lipinski definition) is 0. The molecule has 0 aliphatic carbocycles. The van der Waals surface area contributed by atoms with Gasteiger partial charge in [0.05, 0.1) is 0 Å². The Morgan fingerprint density at radius 3 is 2.36 bits per heavy atom. The average Bonchev–Trinajstić information content (AvgIpc) is 2.20. The van der Waals surface area contributed by atoms with Crippen molar-refractivity contribution < 1.29 is 18.0 Å². The lowest BCUT2D eigenvalue weighted by Gasteiger charge is -2.04. The third kappa shape index (κ3) is 3.55. The molecule has 2 nitrogen and oxygen atoms in total. The molecule has 0 atom stereocenters. The maximum absolute atomic E-state index is 11.9. The Kier molecular flexibility index (Phi) is 4.83. The van der Waals surface area contributed by atoms with E-state index in [2.05, 4.69) is 4.98 Å². The number of alkyl halides is 3. The normalized spacial score (nSPS) is 10.1. The average molecular weight is 205 g/mol. The Balaban J connectivity index is 0.000000791. The van der Waals surface area contributed by atoms with E-state index in [-0.39, 0.29) is 5.56 Å². The second kappa shape index (κ2) is 5.36. The summed E-state index contributed by atoms with van der Waals surface area (Å²) in [7, 11) is 0. The molecule has 0 saturated heterocycles. The Labute approximate surface area is 79.8 Å². The Morgan fingerprint density at radius 1 is 1.36 bits per heavy atom. The maximum Gasteiger partial charge on any atom is 0.433 e. The lowest BCUT2D eigenvalue weighted by Crippen LogP contribution is -2.07. The Morgan fingerprint density at radius 2 is 1.93 bits per heavy atom. The van der Waals surface area contributed by atoms with Crippen molar-refractivity contribution in [2.45, 2.75) is 20.0 Å². The van der Waals surface area contributed by atoms with E-state index in [9.17, 15) is 18.0 Å². The maximum atomic E-state index is 11.9. The highest BCUT2D eigenvalue weighted by Gasteiger charge is 2.32. The van der Waals surface area contributed by atoms with E-state index in [4.69, 9.17) is 0 Å². The van der Waals surface area contributed by atoms with Crippen molar-refractivity contribution in [1.29, 1.82) is 0 Å². The zero-order chi connectivity index (χ0) is 11.2. The molecule has 0 bridgehead atoms.